The van der Waals surface area contributed by atoms with Crippen molar-refractivity contribution in [2.24, 2.45) is 0 Å². The maximum Gasteiger partial charge on any atom is 0.162 e. The van der Waals surface area contributed by atoms with Gasteiger partial charge in [-0.05, 0) is 19.3 Å². The van der Waals surface area contributed by atoms with Crippen molar-refractivity contribution in [2.75, 3.05) is 33.5 Å². The lowest BCUT2D eigenvalue weighted by molar-refractivity contribution is 0.0272. The normalized spacial score (nSPS) is 14.8. The lowest BCUT2D eigenvalue weighted by atomic mass is 10.3. The van der Waals surface area contributed by atoms with E-state index in [9.17, 15) is 0 Å². The van der Waals surface area contributed by atoms with E-state index in [-0.39, 0.29) is 0 Å². The maximum absolute atomic E-state index is 5.47. The van der Waals surface area contributed by atoms with Crippen LogP contribution in [0, 0.1) is 0 Å². The molecule has 0 unspecified atom stereocenters. The largest absolute Gasteiger partial charge is 0.385 e. The molecule has 1 aromatic rings. The number of hydrogen-bond donors (Lipinski definition) is 1. The fourth-order valence-corrected chi connectivity index (χ4v) is 1.74. The van der Waals surface area contributed by atoms with Crippen LogP contribution in [0.2, 0.25) is 0 Å². The van der Waals surface area contributed by atoms with Gasteiger partial charge in [-0.2, -0.15) is 0 Å². The van der Waals surface area contributed by atoms with Gasteiger partial charge in [-0.25, -0.2) is 0 Å². The summed E-state index contributed by atoms with van der Waals surface area (Å²) in [6.45, 7) is 3.80. The zero-order chi connectivity index (χ0) is 14.0. The molecule has 1 N–H and O–H groups in total. The molecule has 2 rings (SSSR count). The maximum atomic E-state index is 5.47. The highest BCUT2D eigenvalue weighted by atomic mass is 16.5. The molecule has 0 aliphatic heterocycles. The average Bonchev–Trinajstić information content (AvgIpc) is 3.18. The quantitative estimate of drug-likeness (QED) is 0.587. The van der Waals surface area contributed by atoms with Gasteiger partial charge in [0.1, 0.15) is 6.61 Å². The number of methoxy groups -OCH3 is 1. The van der Waals surface area contributed by atoms with Crippen molar-refractivity contribution in [3.8, 4) is 0 Å². The fourth-order valence-electron chi connectivity index (χ4n) is 1.74. The van der Waals surface area contributed by atoms with Crippen LogP contribution in [0.4, 0.5) is 0 Å². The predicted molar refractivity (Wildman–Crippen MR) is 73.3 cm³/mol. The van der Waals surface area contributed by atoms with Crippen LogP contribution in [0.25, 0.3) is 0 Å². The lowest BCUT2D eigenvalue weighted by Crippen LogP contribution is -2.15. The lowest BCUT2D eigenvalue weighted by Gasteiger charge is -2.03. The summed E-state index contributed by atoms with van der Waals surface area (Å²) >= 11 is 0. The molecule has 1 heterocycles. The molecule has 1 aliphatic rings. The highest BCUT2D eigenvalue weighted by Crippen LogP contribution is 2.19. The summed E-state index contributed by atoms with van der Waals surface area (Å²) in [5.74, 6) is 0.761. The Morgan fingerprint density at radius 2 is 2.10 bits per heavy atom. The smallest absolute Gasteiger partial charge is 0.162 e. The number of ether oxygens (including phenoxy) is 3. The minimum absolute atomic E-state index is 0.442. The Bertz CT molecular complexity index is 366. The molecule has 6 nitrogen and oxygen atoms in total. The van der Waals surface area contributed by atoms with Gasteiger partial charge in [-0.15, -0.1) is 0 Å². The Kier molecular flexibility index (Phi) is 7.00. The van der Waals surface area contributed by atoms with Crippen molar-refractivity contribution in [1.29, 1.82) is 0 Å². The monoisotopic (exact) mass is 284 g/mol. The molecular formula is C14H24N2O4. The molecule has 0 amide bonds. The van der Waals surface area contributed by atoms with Crippen LogP contribution in [0.5, 0.6) is 0 Å². The number of nitrogens with zero attached hydrogens (tertiary/aromatic N) is 1. The van der Waals surface area contributed by atoms with Crippen molar-refractivity contribution >= 4 is 0 Å². The molecule has 0 atom stereocenters. The van der Waals surface area contributed by atoms with Gasteiger partial charge in [0.05, 0.1) is 18.9 Å². The second-order valence-electron chi connectivity index (χ2n) is 4.95. The van der Waals surface area contributed by atoms with Crippen LogP contribution in [-0.2, 0) is 27.4 Å². The molecule has 0 aromatic carbocycles. The van der Waals surface area contributed by atoms with Gasteiger partial charge in [-0.1, -0.05) is 5.16 Å². The first-order valence-corrected chi connectivity index (χ1v) is 7.21. The number of hydrogen-bond acceptors (Lipinski definition) is 6. The van der Waals surface area contributed by atoms with E-state index in [1.54, 1.807) is 7.11 Å². The van der Waals surface area contributed by atoms with Gasteiger partial charge in [0.15, 0.2) is 5.76 Å². The van der Waals surface area contributed by atoms with Crippen LogP contribution in [-0.4, -0.2) is 44.7 Å². The van der Waals surface area contributed by atoms with Crippen LogP contribution >= 0.6 is 0 Å². The minimum atomic E-state index is 0.442. The minimum Gasteiger partial charge on any atom is -0.385 e. The Balaban J connectivity index is 1.46. The van der Waals surface area contributed by atoms with Crippen LogP contribution < -0.4 is 5.32 Å². The summed E-state index contributed by atoms with van der Waals surface area (Å²) in [5.41, 5.74) is 0.936. The number of nitrogens with one attached hydrogen (secondary N) is 1. The van der Waals surface area contributed by atoms with Gasteiger partial charge in [0, 0.05) is 39.0 Å². The first-order chi connectivity index (χ1) is 9.88. The van der Waals surface area contributed by atoms with E-state index < -0.39 is 0 Å². The van der Waals surface area contributed by atoms with Crippen molar-refractivity contribution in [1.82, 2.24) is 10.5 Å². The van der Waals surface area contributed by atoms with E-state index in [0.29, 0.717) is 32.5 Å². The summed E-state index contributed by atoms with van der Waals surface area (Å²) in [6, 6.07) is 2.62. The molecule has 6 heteroatoms. The average molecular weight is 284 g/mol. The molecule has 1 aromatic heterocycles. The van der Waals surface area contributed by atoms with E-state index >= 15 is 0 Å². The van der Waals surface area contributed by atoms with Crippen LogP contribution in [0.1, 0.15) is 30.7 Å². The molecular weight excluding hydrogens is 260 g/mol. The molecule has 0 spiro atoms. The Labute approximate surface area is 119 Å². The molecule has 1 aliphatic carbocycles. The first-order valence-electron chi connectivity index (χ1n) is 7.21. The van der Waals surface area contributed by atoms with E-state index in [1.165, 1.54) is 12.8 Å². The molecule has 1 fully saturated rings. The van der Waals surface area contributed by atoms with Crippen molar-refractivity contribution in [3.05, 3.63) is 17.5 Å². The van der Waals surface area contributed by atoms with E-state index in [2.05, 4.69) is 10.5 Å². The van der Waals surface area contributed by atoms with Gasteiger partial charge < -0.3 is 24.1 Å². The summed E-state index contributed by atoms with van der Waals surface area (Å²) in [7, 11) is 1.69. The van der Waals surface area contributed by atoms with Crippen molar-refractivity contribution in [3.63, 3.8) is 0 Å². The van der Waals surface area contributed by atoms with Crippen molar-refractivity contribution in [2.45, 2.75) is 38.5 Å². The third-order valence-electron chi connectivity index (χ3n) is 3.01. The van der Waals surface area contributed by atoms with E-state index in [4.69, 9.17) is 18.7 Å². The van der Waals surface area contributed by atoms with Gasteiger partial charge in [0.25, 0.3) is 0 Å². The highest BCUT2D eigenvalue weighted by molar-refractivity contribution is 5.04. The molecule has 114 valence electrons. The summed E-state index contributed by atoms with van der Waals surface area (Å²) in [5, 5.41) is 7.40. The third-order valence-corrected chi connectivity index (χ3v) is 3.01. The Morgan fingerprint density at radius 3 is 2.90 bits per heavy atom. The zero-order valence-electron chi connectivity index (χ0n) is 12.1. The fraction of sp³-hybridized carbons (Fsp3) is 0.786. The van der Waals surface area contributed by atoms with Gasteiger partial charge in [0.2, 0.25) is 0 Å². The standard InChI is InChI=1S/C14H24N2O4/c1-17-5-2-6-18-7-8-19-11-14-9-13(16-20-14)10-15-12-3-4-12/h9,12,15H,2-8,10-11H2,1H3. The molecule has 1 saturated carbocycles. The molecule has 0 bridgehead atoms. The van der Waals surface area contributed by atoms with Crippen molar-refractivity contribution < 1.29 is 18.7 Å². The molecule has 0 saturated heterocycles. The summed E-state index contributed by atoms with van der Waals surface area (Å²) < 4.78 is 21.0. The Hall–Kier alpha value is -0.950. The second kappa shape index (κ2) is 9.07. The van der Waals surface area contributed by atoms with E-state index in [1.807, 2.05) is 6.07 Å². The van der Waals surface area contributed by atoms with Gasteiger partial charge >= 0.3 is 0 Å². The Morgan fingerprint density at radius 1 is 1.25 bits per heavy atom. The topological polar surface area (TPSA) is 65.8 Å². The summed E-state index contributed by atoms with van der Waals surface area (Å²) in [6.07, 6.45) is 3.46. The van der Waals surface area contributed by atoms with Crippen LogP contribution in [0.15, 0.2) is 10.6 Å². The zero-order valence-corrected chi connectivity index (χ0v) is 12.1. The second-order valence-corrected chi connectivity index (χ2v) is 4.95. The third kappa shape index (κ3) is 6.47. The summed E-state index contributed by atoms with van der Waals surface area (Å²) in [4.78, 5) is 0. The van der Waals surface area contributed by atoms with E-state index in [0.717, 1.165) is 31.0 Å². The first kappa shape index (κ1) is 15.4. The van der Waals surface area contributed by atoms with Gasteiger partial charge in [-0.3, -0.25) is 0 Å². The van der Waals surface area contributed by atoms with Crippen LogP contribution in [0.3, 0.4) is 0 Å². The number of rotatable bonds is 12. The highest BCUT2D eigenvalue weighted by Gasteiger charge is 2.20. The molecule has 20 heavy (non-hydrogen) atoms. The predicted octanol–water partition coefficient (Wildman–Crippen LogP) is 1.50. The molecule has 0 radical (unpaired) electrons. The SMILES string of the molecule is COCCCOCCOCc1cc(CNC2CC2)no1. The number of aromatic nitrogens is 1.